The number of rotatable bonds is 6. The van der Waals surface area contributed by atoms with Crippen LogP contribution in [0, 0.1) is 0 Å². The largest absolute Gasteiger partial charge is 0.356 e. The fraction of sp³-hybridized carbons (Fsp3) is 0.579. The Morgan fingerprint density at radius 1 is 1.36 bits per heavy atom. The molecular formula is C19H28N3O2S+. The molecule has 3 N–H and O–H groups in total. The van der Waals surface area contributed by atoms with Crippen LogP contribution in [0.15, 0.2) is 29.2 Å². The number of hydrogen-bond donors (Lipinski definition) is 3. The zero-order chi connectivity index (χ0) is 17.6. The second-order valence-corrected chi connectivity index (χ2v) is 8.30. The molecule has 136 valence electrons. The van der Waals surface area contributed by atoms with Crippen molar-refractivity contribution in [3.05, 3.63) is 24.3 Å². The van der Waals surface area contributed by atoms with E-state index in [2.05, 4.69) is 17.6 Å². The third-order valence-corrected chi connectivity index (χ3v) is 6.43. The van der Waals surface area contributed by atoms with Crippen LogP contribution in [0.3, 0.4) is 0 Å². The maximum atomic E-state index is 12.2. The smallest absolute Gasteiger partial charge is 0.238 e. The monoisotopic (exact) mass is 362 g/mol. The Kier molecular flexibility index (Phi) is 6.37. The lowest BCUT2D eigenvalue weighted by atomic mass is 10.0. The summed E-state index contributed by atoms with van der Waals surface area (Å²) in [6.07, 6.45) is 5.22. The highest BCUT2D eigenvalue weighted by Gasteiger charge is 2.28. The fourth-order valence-corrected chi connectivity index (χ4v) is 4.75. The molecule has 0 saturated carbocycles. The van der Waals surface area contributed by atoms with Crippen molar-refractivity contribution >= 4 is 29.3 Å². The van der Waals surface area contributed by atoms with Gasteiger partial charge < -0.3 is 15.5 Å². The van der Waals surface area contributed by atoms with Crippen LogP contribution in [0.25, 0.3) is 0 Å². The van der Waals surface area contributed by atoms with E-state index in [9.17, 15) is 9.59 Å². The molecule has 5 nitrogen and oxygen atoms in total. The number of thioether (sulfide) groups is 1. The Hall–Kier alpha value is -1.53. The highest BCUT2D eigenvalue weighted by atomic mass is 32.2. The first-order valence-corrected chi connectivity index (χ1v) is 10.2. The van der Waals surface area contributed by atoms with Gasteiger partial charge in [0.25, 0.3) is 0 Å². The summed E-state index contributed by atoms with van der Waals surface area (Å²) in [7, 11) is 0. The molecule has 2 amide bonds. The van der Waals surface area contributed by atoms with Crippen LogP contribution in [0.4, 0.5) is 5.69 Å². The molecule has 3 rings (SSSR count). The molecule has 0 aromatic heterocycles. The van der Waals surface area contributed by atoms with E-state index in [1.165, 1.54) is 37.6 Å². The highest BCUT2D eigenvalue weighted by Crippen LogP contribution is 2.36. The van der Waals surface area contributed by atoms with Crippen molar-refractivity contribution in [2.45, 2.75) is 55.2 Å². The van der Waals surface area contributed by atoms with Crippen LogP contribution in [-0.4, -0.2) is 42.7 Å². The number of anilines is 1. The molecule has 2 aliphatic rings. The third-order valence-electron chi connectivity index (χ3n) is 5.16. The Labute approximate surface area is 153 Å². The van der Waals surface area contributed by atoms with Gasteiger partial charge in [0.1, 0.15) is 0 Å². The first-order valence-electron chi connectivity index (χ1n) is 9.31. The normalized spacial score (nSPS) is 25.8. The molecule has 0 bridgehead atoms. The van der Waals surface area contributed by atoms with Gasteiger partial charge in [-0.25, -0.2) is 0 Å². The van der Waals surface area contributed by atoms with Gasteiger partial charge in [0.05, 0.1) is 30.1 Å². The van der Waals surface area contributed by atoms with Gasteiger partial charge in [-0.1, -0.05) is 12.1 Å². The van der Waals surface area contributed by atoms with Crippen LogP contribution in [0.5, 0.6) is 0 Å². The van der Waals surface area contributed by atoms with Gasteiger partial charge in [0.2, 0.25) is 11.8 Å². The van der Waals surface area contributed by atoms with E-state index in [-0.39, 0.29) is 23.5 Å². The molecule has 1 aromatic carbocycles. The second-order valence-electron chi connectivity index (χ2n) is 7.05. The molecule has 0 spiro atoms. The number of likely N-dealkylation sites (tertiary alicyclic amines) is 1. The molecule has 6 heteroatoms. The summed E-state index contributed by atoms with van der Waals surface area (Å²) in [5.41, 5.74) is 0.841. The molecule has 1 saturated heterocycles. The number of para-hydroxylation sites is 1. The van der Waals surface area contributed by atoms with Crippen molar-refractivity contribution in [3.8, 4) is 0 Å². The van der Waals surface area contributed by atoms with E-state index in [4.69, 9.17) is 0 Å². The zero-order valence-corrected chi connectivity index (χ0v) is 15.7. The minimum absolute atomic E-state index is 0.0336. The number of amides is 2. The standard InChI is InChI=1S/C19H27N3O2S/c1-14-7-4-5-11-22(14)12-6-10-20-18(23)13-17-19(24)21-15-8-2-3-9-16(15)25-17/h2-3,8-9,14,17H,4-7,10-13H2,1H3,(H,20,23)(H,21,24)/p+1/t14-,17-/m1/s1. The molecule has 2 aliphatic heterocycles. The van der Waals surface area contributed by atoms with Crippen LogP contribution < -0.4 is 15.5 Å². The lowest BCUT2D eigenvalue weighted by Gasteiger charge is -2.30. The average Bonchev–Trinajstić information content (AvgIpc) is 2.61. The molecule has 25 heavy (non-hydrogen) atoms. The van der Waals surface area contributed by atoms with E-state index < -0.39 is 0 Å². The van der Waals surface area contributed by atoms with Crippen molar-refractivity contribution in [1.82, 2.24) is 5.32 Å². The first-order chi connectivity index (χ1) is 12.1. The van der Waals surface area contributed by atoms with E-state index in [1.54, 1.807) is 4.90 Å². The summed E-state index contributed by atoms with van der Waals surface area (Å²) >= 11 is 1.48. The predicted octanol–water partition coefficient (Wildman–Crippen LogP) is 1.45. The summed E-state index contributed by atoms with van der Waals surface area (Å²) in [5, 5.41) is 5.53. The van der Waals surface area contributed by atoms with Gasteiger partial charge >= 0.3 is 0 Å². The van der Waals surface area contributed by atoms with Gasteiger partial charge in [-0.05, 0) is 38.3 Å². The number of piperidine rings is 1. The van der Waals surface area contributed by atoms with Gasteiger partial charge in [-0.3, -0.25) is 9.59 Å². The Morgan fingerprint density at radius 3 is 3.04 bits per heavy atom. The van der Waals surface area contributed by atoms with Crippen LogP contribution in [0.2, 0.25) is 0 Å². The quantitative estimate of drug-likeness (QED) is 0.672. The van der Waals surface area contributed by atoms with Crippen LogP contribution in [-0.2, 0) is 9.59 Å². The van der Waals surface area contributed by atoms with Gasteiger partial charge in [0, 0.05) is 24.3 Å². The predicted molar refractivity (Wildman–Crippen MR) is 101 cm³/mol. The number of hydrogen-bond acceptors (Lipinski definition) is 3. The summed E-state index contributed by atoms with van der Waals surface area (Å²) < 4.78 is 0. The van der Waals surface area contributed by atoms with Crippen molar-refractivity contribution in [3.63, 3.8) is 0 Å². The highest BCUT2D eigenvalue weighted by molar-refractivity contribution is 8.01. The topological polar surface area (TPSA) is 62.6 Å². The van der Waals surface area contributed by atoms with Crippen molar-refractivity contribution < 1.29 is 14.5 Å². The summed E-state index contributed by atoms with van der Waals surface area (Å²) in [4.78, 5) is 27.0. The van der Waals surface area contributed by atoms with E-state index in [0.29, 0.717) is 6.54 Å². The molecule has 1 unspecified atom stereocenters. The number of carbonyl (C=O) groups is 2. The van der Waals surface area contributed by atoms with Crippen molar-refractivity contribution in [2.24, 2.45) is 0 Å². The lowest BCUT2D eigenvalue weighted by molar-refractivity contribution is -0.928. The maximum Gasteiger partial charge on any atom is 0.238 e. The summed E-state index contributed by atoms with van der Waals surface area (Å²) in [6, 6.07) is 8.46. The maximum absolute atomic E-state index is 12.2. The van der Waals surface area contributed by atoms with E-state index in [0.717, 1.165) is 29.6 Å². The Morgan fingerprint density at radius 2 is 2.20 bits per heavy atom. The average molecular weight is 363 g/mol. The zero-order valence-electron chi connectivity index (χ0n) is 14.8. The lowest BCUT2D eigenvalue weighted by Crippen LogP contribution is -3.16. The Balaban J connectivity index is 1.38. The molecule has 0 aliphatic carbocycles. The molecular weight excluding hydrogens is 334 g/mol. The number of nitrogens with one attached hydrogen (secondary N) is 3. The molecule has 3 atom stereocenters. The third kappa shape index (κ3) is 4.98. The molecule has 1 fully saturated rings. The van der Waals surface area contributed by atoms with Crippen LogP contribution >= 0.6 is 11.8 Å². The number of fused-ring (bicyclic) bond motifs is 1. The minimum Gasteiger partial charge on any atom is -0.356 e. The van der Waals surface area contributed by atoms with Gasteiger partial charge in [-0.15, -0.1) is 11.8 Å². The van der Waals surface area contributed by atoms with Crippen molar-refractivity contribution in [1.29, 1.82) is 0 Å². The minimum atomic E-state index is -0.345. The number of benzene rings is 1. The number of quaternary nitrogens is 1. The first kappa shape index (κ1) is 18.3. The van der Waals surface area contributed by atoms with Crippen molar-refractivity contribution in [2.75, 3.05) is 25.0 Å². The van der Waals surface area contributed by atoms with Gasteiger partial charge in [0.15, 0.2) is 0 Å². The summed E-state index contributed by atoms with van der Waals surface area (Å²) in [6.45, 7) is 5.40. The SMILES string of the molecule is C[C@@H]1CCCC[NH+]1CCCNC(=O)C[C@H]1Sc2ccccc2NC1=O. The Bertz CT molecular complexity index is 622. The molecule has 1 aromatic rings. The number of carbonyl (C=O) groups excluding carboxylic acids is 2. The summed E-state index contributed by atoms with van der Waals surface area (Å²) in [5.74, 6) is -0.112. The van der Waals surface area contributed by atoms with E-state index >= 15 is 0 Å². The fourth-order valence-electron chi connectivity index (χ4n) is 3.64. The second kappa shape index (κ2) is 8.72. The molecule has 0 radical (unpaired) electrons. The van der Waals surface area contributed by atoms with Gasteiger partial charge in [-0.2, -0.15) is 0 Å². The molecule has 2 heterocycles. The van der Waals surface area contributed by atoms with Crippen LogP contribution in [0.1, 0.15) is 39.0 Å². The van der Waals surface area contributed by atoms with E-state index in [1.807, 2.05) is 24.3 Å².